The van der Waals surface area contributed by atoms with E-state index in [1.165, 1.54) is 0 Å². The van der Waals surface area contributed by atoms with E-state index < -0.39 is 224 Å². The fourth-order valence-corrected chi connectivity index (χ4v) is 8.02. The molecule has 6 rings (SSSR count). The largest absolute Gasteiger partial charge is 0.412 e. The maximum atomic E-state index is 10.5. The highest BCUT2D eigenvalue weighted by Crippen LogP contribution is 2.37. The van der Waals surface area contributed by atoms with E-state index in [1.54, 1.807) is 0 Å². The summed E-state index contributed by atoms with van der Waals surface area (Å²) in [5.41, 5.74) is 0. The minimum absolute atomic E-state index is 0. The molecule has 0 aromatic rings. The van der Waals surface area contributed by atoms with E-state index in [-0.39, 0.29) is 21.9 Å². The molecule has 0 unspecified atom stereocenters. The summed E-state index contributed by atoms with van der Waals surface area (Å²) >= 11 is 0. The maximum Gasteiger partial charge on any atom is 0.224 e. The van der Waals surface area contributed by atoms with Crippen LogP contribution in [0.1, 0.15) is 0 Å². The van der Waals surface area contributed by atoms with Gasteiger partial charge in [-0.05, 0) is 0 Å². The highest BCUT2D eigenvalue weighted by atomic mass is 16.8. The number of rotatable bonds is 16. The van der Waals surface area contributed by atoms with Crippen LogP contribution in [0.2, 0.25) is 0 Å². The zero-order chi connectivity index (χ0) is 50.7. The van der Waals surface area contributed by atoms with Crippen molar-refractivity contribution in [1.82, 2.24) is 0 Å². The second kappa shape index (κ2) is 28.8. The van der Waals surface area contributed by atoms with Crippen LogP contribution in [0.15, 0.2) is 0 Å². The third-order valence-electron chi connectivity index (χ3n) is 12.3. The van der Waals surface area contributed by atoms with Gasteiger partial charge in [-0.25, -0.2) is 0 Å². The first-order valence-electron chi connectivity index (χ1n) is 21.1. The van der Waals surface area contributed by atoms with Crippen LogP contribution >= 0.6 is 0 Å². The molecule has 0 spiro atoms. The van der Waals surface area contributed by atoms with Crippen molar-refractivity contribution >= 4 is 0 Å². The first kappa shape index (κ1) is 68.6. The summed E-state index contributed by atoms with van der Waals surface area (Å²) in [6.07, 6.45) is -43.6. The van der Waals surface area contributed by atoms with Crippen LogP contribution in [0.25, 0.3) is 0 Å². The third-order valence-corrected chi connectivity index (χ3v) is 12.3. The minimum Gasteiger partial charge on any atom is -0.412 e. The van der Waals surface area contributed by atoms with Gasteiger partial charge in [0.15, 0.2) is 25.2 Å². The number of aliphatic hydroxyl groups is 22. The van der Waals surface area contributed by atoms with Gasteiger partial charge in [-0.3, -0.25) is 0 Å². The van der Waals surface area contributed by atoms with Crippen molar-refractivity contribution in [1.29, 1.82) is 0 Å². The van der Waals surface area contributed by atoms with Gasteiger partial charge in [0, 0.05) is 0 Å². The summed E-state index contributed by atoms with van der Waals surface area (Å²) in [6.45, 7) is -6.34. The van der Waals surface area contributed by atoms with E-state index >= 15 is 0 Å². The van der Waals surface area contributed by atoms with Crippen LogP contribution in [-0.4, -0.2) is 358 Å². The Balaban J connectivity index is 0.000000816. The van der Waals surface area contributed by atoms with Crippen molar-refractivity contribution in [2.24, 2.45) is 0 Å². The summed E-state index contributed by atoms with van der Waals surface area (Å²) < 4.78 is 52.9. The van der Waals surface area contributed by atoms with Crippen molar-refractivity contribution in [3.63, 3.8) is 0 Å². The van der Waals surface area contributed by atoms with Crippen molar-refractivity contribution in [3.05, 3.63) is 0 Å². The minimum atomic E-state index is -2.43. The molecule has 0 bridgehead atoms. The van der Waals surface area contributed by atoms with Crippen molar-refractivity contribution in [3.8, 4) is 0 Å². The van der Waals surface area contributed by atoms with E-state index in [0.29, 0.717) is 0 Å². The maximum absolute atomic E-state index is 10.5. The average molecular weight is 1080 g/mol. The molecule has 6 aliphatic heterocycles. The molecule has 0 aromatic carbocycles. The van der Waals surface area contributed by atoms with Gasteiger partial charge >= 0.3 is 0 Å². The van der Waals surface area contributed by atoms with Crippen LogP contribution < -0.4 is 0 Å². The standard InChI is InChI=1S/C24H42O21.C12H22O11.4H2O/c25-1-6-10(28)14(32)17(35)21(41-6)39-3-8-11(29)15(33)18(36)22(42-8)40-4-9-12(30)16(34)19(37)23(43-9)45-24(5-27)20(38)13(31)7(2-26)44-24;13-1-4-6(16)7(17)8(18)11(21-4)22-9-5(2-14)23-12(20,3-15)10(9)19;;;;/h6-23,25-38H,1-5H2;4-11,13-20H,1-3H2;4*1H2/t6-,7-,8-,9-,10+,11+,12-,13-,14+,15+,16+,17-,18-,19-,20+,21+,22+,23-,24+;4-,5-,6+,7+,8-,9-,10+,11+,12-;;;;/m11..../s1. The molecule has 0 radical (unpaired) electrons. The van der Waals surface area contributed by atoms with Crippen LogP contribution in [0.4, 0.5) is 0 Å². The molecule has 0 amide bonds. The molecule has 30 N–H and O–H groups in total. The van der Waals surface area contributed by atoms with Crippen molar-refractivity contribution in [2.75, 3.05) is 52.9 Å². The molecule has 72 heavy (non-hydrogen) atoms. The monoisotopic (exact) mass is 1080 g/mol. The molecule has 6 aliphatic rings. The van der Waals surface area contributed by atoms with Crippen LogP contribution in [0, 0.1) is 0 Å². The van der Waals surface area contributed by atoms with Gasteiger partial charge in [-0.2, -0.15) is 0 Å². The van der Waals surface area contributed by atoms with E-state index in [4.69, 9.17) is 57.6 Å². The Kier molecular flexibility index (Phi) is 27.4. The van der Waals surface area contributed by atoms with E-state index in [9.17, 15) is 102 Å². The third kappa shape index (κ3) is 14.0. The summed E-state index contributed by atoms with van der Waals surface area (Å²) in [7, 11) is 0. The van der Waals surface area contributed by atoms with E-state index in [0.717, 1.165) is 0 Å². The molecular weight excluding hydrogens is 1010 g/mol. The molecular formula is C36H72O36. The molecule has 36 nitrogen and oxygen atoms in total. The van der Waals surface area contributed by atoms with Gasteiger partial charge in [-0.15, -0.1) is 0 Å². The average Bonchev–Trinajstić information content (AvgIpc) is 3.73. The molecule has 0 aliphatic carbocycles. The molecule has 0 saturated carbocycles. The van der Waals surface area contributed by atoms with E-state index in [2.05, 4.69) is 0 Å². The van der Waals surface area contributed by atoms with Gasteiger partial charge < -0.3 is 182 Å². The first-order valence-corrected chi connectivity index (χ1v) is 21.1. The van der Waals surface area contributed by atoms with Crippen molar-refractivity contribution in [2.45, 2.75) is 171 Å². The van der Waals surface area contributed by atoms with Gasteiger partial charge in [0.25, 0.3) is 0 Å². The second-order valence-corrected chi connectivity index (χ2v) is 16.8. The fourth-order valence-electron chi connectivity index (χ4n) is 8.02. The fraction of sp³-hybridized carbons (Fsp3) is 1.00. The number of ether oxygens (including phenoxy) is 10. The van der Waals surface area contributed by atoms with Gasteiger partial charge in [0.05, 0.1) is 46.2 Å². The van der Waals surface area contributed by atoms with Gasteiger partial charge in [-0.1, -0.05) is 0 Å². The Bertz CT molecular complexity index is 1530. The van der Waals surface area contributed by atoms with Gasteiger partial charge in [0.1, 0.15) is 141 Å². The lowest BCUT2D eigenvalue weighted by Crippen LogP contribution is -2.64. The Morgan fingerprint density at radius 3 is 1.10 bits per heavy atom. The molecule has 0 aromatic heterocycles. The molecule has 432 valence electrons. The number of hydrogen-bond acceptors (Lipinski definition) is 32. The zero-order valence-electron chi connectivity index (χ0n) is 37.6. The van der Waals surface area contributed by atoms with Crippen LogP contribution in [0.5, 0.6) is 0 Å². The summed E-state index contributed by atoms with van der Waals surface area (Å²) in [5.74, 6) is -4.80. The molecule has 6 heterocycles. The highest BCUT2D eigenvalue weighted by molar-refractivity contribution is 5.00. The quantitative estimate of drug-likeness (QED) is 0.0682. The lowest BCUT2D eigenvalue weighted by atomic mass is 9.98. The van der Waals surface area contributed by atoms with Crippen LogP contribution in [0.3, 0.4) is 0 Å². The Hall–Kier alpha value is -1.44. The zero-order valence-corrected chi connectivity index (χ0v) is 37.6. The lowest BCUT2D eigenvalue weighted by Gasteiger charge is -2.45. The first-order chi connectivity index (χ1) is 32.0. The number of hydrogen-bond donors (Lipinski definition) is 22. The predicted molar refractivity (Wildman–Crippen MR) is 217 cm³/mol. The Morgan fingerprint density at radius 2 is 0.708 bits per heavy atom. The van der Waals surface area contributed by atoms with Crippen LogP contribution in [-0.2, 0) is 47.4 Å². The molecule has 28 atom stereocenters. The Labute approximate surface area is 405 Å². The molecule has 36 heteroatoms. The van der Waals surface area contributed by atoms with E-state index in [1.807, 2.05) is 0 Å². The second-order valence-electron chi connectivity index (χ2n) is 16.8. The summed E-state index contributed by atoms with van der Waals surface area (Å²) in [5, 5.41) is 218. The molecule has 6 saturated heterocycles. The van der Waals surface area contributed by atoms with Crippen molar-refractivity contribution < 1.29 is 182 Å². The predicted octanol–water partition coefficient (Wildman–Crippen LogP) is -18.4. The summed E-state index contributed by atoms with van der Waals surface area (Å²) in [4.78, 5) is 0. The lowest BCUT2D eigenvalue weighted by molar-refractivity contribution is -0.388. The highest BCUT2D eigenvalue weighted by Gasteiger charge is 2.60. The smallest absolute Gasteiger partial charge is 0.224 e. The normalized spacial score (nSPS) is 49.2. The number of aliphatic hydroxyl groups excluding tert-OH is 21. The summed E-state index contributed by atoms with van der Waals surface area (Å²) in [6, 6.07) is 0. The Morgan fingerprint density at radius 1 is 0.347 bits per heavy atom. The SMILES string of the molecule is O.O.O.O.OC[C@H]1O[C@@H](O[C@@H]2[C@@H](CO)O[C@](O)(CO)[C@H]2O)[C@H](O)[C@@H](O)[C@H]1O.OC[C@H]1O[C@H](OC[C@H]2O[C@H](OC[C@H]3O[C@H](O[C@]4(CO)O[C@H](CO)[C@@H](O)[C@@H]4O)[C@H](O)[C@@H](O)[C@@H]3O)[C@H](O)[C@@H](O)[C@H]2O)[C@H](O)[C@@H](O)[C@H]1O. The topological polar surface area (TPSA) is 663 Å². The molecule has 6 fully saturated rings. The van der Waals surface area contributed by atoms with Gasteiger partial charge in [0.2, 0.25) is 11.6 Å².